The second-order valence-corrected chi connectivity index (χ2v) is 7.96. The van der Waals surface area contributed by atoms with Gasteiger partial charge in [-0.1, -0.05) is 12.1 Å². The van der Waals surface area contributed by atoms with Crippen LogP contribution in [0, 0.1) is 6.92 Å². The van der Waals surface area contributed by atoms with E-state index in [2.05, 4.69) is 11.0 Å². The number of anilines is 1. The number of carbonyl (C=O) groups excluding carboxylic acids is 1. The van der Waals surface area contributed by atoms with Crippen LogP contribution in [0.2, 0.25) is 0 Å². The molecule has 2 atom stereocenters. The van der Waals surface area contributed by atoms with Gasteiger partial charge in [-0.25, -0.2) is 4.79 Å². The summed E-state index contributed by atoms with van der Waals surface area (Å²) in [7, 11) is 0. The van der Waals surface area contributed by atoms with Crippen molar-refractivity contribution in [1.82, 2.24) is 9.80 Å². The fourth-order valence-electron chi connectivity index (χ4n) is 3.49. The lowest BCUT2D eigenvalue weighted by Gasteiger charge is -2.46. The monoisotopic (exact) mass is 347 g/mol. The molecule has 0 saturated carbocycles. The van der Waals surface area contributed by atoms with Gasteiger partial charge in [-0.3, -0.25) is 4.90 Å². The van der Waals surface area contributed by atoms with Crippen molar-refractivity contribution in [2.24, 2.45) is 0 Å². The number of morpholine rings is 1. The second-order valence-electron chi connectivity index (χ2n) is 7.96. The van der Waals surface area contributed by atoms with E-state index in [9.17, 15) is 4.79 Å². The van der Waals surface area contributed by atoms with Crippen LogP contribution in [0.25, 0.3) is 0 Å². The molecule has 0 aromatic heterocycles. The normalized spacial score (nSPS) is 24.7. The third kappa shape index (κ3) is 4.07. The van der Waals surface area contributed by atoms with Crippen molar-refractivity contribution >= 4 is 11.8 Å². The molecule has 2 fully saturated rings. The van der Waals surface area contributed by atoms with E-state index in [-0.39, 0.29) is 18.2 Å². The minimum absolute atomic E-state index is 0.0350. The number of nitrogen functional groups attached to an aromatic ring is 1. The molecule has 2 N–H and O–H groups in total. The third-order valence-electron chi connectivity index (χ3n) is 4.91. The van der Waals surface area contributed by atoms with E-state index in [0.717, 1.165) is 29.9 Å². The molecular weight excluding hydrogens is 318 g/mol. The Kier molecular flexibility index (Phi) is 4.93. The van der Waals surface area contributed by atoms with Gasteiger partial charge in [0.2, 0.25) is 0 Å². The van der Waals surface area contributed by atoms with E-state index in [4.69, 9.17) is 15.2 Å². The number of nitrogens with zero attached hydrogens (tertiary/aromatic N) is 2. The number of nitrogens with two attached hydrogens (primary N) is 1. The maximum absolute atomic E-state index is 12.3. The minimum atomic E-state index is -0.465. The zero-order valence-corrected chi connectivity index (χ0v) is 15.6. The summed E-state index contributed by atoms with van der Waals surface area (Å²) in [5.74, 6) is 0. The first-order valence-corrected chi connectivity index (χ1v) is 8.93. The van der Waals surface area contributed by atoms with Gasteiger partial charge in [0, 0.05) is 31.9 Å². The highest BCUT2D eigenvalue weighted by molar-refractivity contribution is 5.68. The first-order valence-electron chi connectivity index (χ1n) is 8.93. The predicted molar refractivity (Wildman–Crippen MR) is 97.5 cm³/mol. The average Bonchev–Trinajstić information content (AvgIpc) is 2.55. The van der Waals surface area contributed by atoms with E-state index >= 15 is 0 Å². The molecule has 0 aliphatic carbocycles. The van der Waals surface area contributed by atoms with Crippen molar-refractivity contribution in [3.63, 3.8) is 0 Å². The number of piperazine rings is 1. The summed E-state index contributed by atoms with van der Waals surface area (Å²) in [4.78, 5) is 16.5. The molecule has 2 unspecified atom stereocenters. The van der Waals surface area contributed by atoms with Gasteiger partial charge in [0.05, 0.1) is 18.8 Å². The zero-order valence-electron chi connectivity index (χ0n) is 15.6. The van der Waals surface area contributed by atoms with E-state index in [1.54, 1.807) is 4.90 Å². The molecule has 25 heavy (non-hydrogen) atoms. The van der Waals surface area contributed by atoms with Crippen molar-refractivity contribution < 1.29 is 14.3 Å². The zero-order chi connectivity index (χ0) is 18.2. The smallest absolute Gasteiger partial charge is 0.410 e. The molecule has 2 aliphatic rings. The third-order valence-corrected chi connectivity index (χ3v) is 4.91. The van der Waals surface area contributed by atoms with Crippen LogP contribution in [-0.4, -0.2) is 60.3 Å². The van der Waals surface area contributed by atoms with Gasteiger partial charge in [0.1, 0.15) is 5.60 Å². The van der Waals surface area contributed by atoms with E-state index < -0.39 is 5.60 Å². The molecule has 0 radical (unpaired) electrons. The largest absolute Gasteiger partial charge is 0.444 e. The minimum Gasteiger partial charge on any atom is -0.444 e. The summed E-state index contributed by atoms with van der Waals surface area (Å²) in [5.41, 5.74) is 8.63. The first kappa shape index (κ1) is 18.0. The Balaban J connectivity index is 1.62. The molecule has 6 heteroatoms. The molecule has 1 aromatic carbocycles. The number of fused-ring (bicyclic) bond motifs is 1. The highest BCUT2D eigenvalue weighted by Crippen LogP contribution is 2.30. The number of rotatable bonds is 1. The van der Waals surface area contributed by atoms with Gasteiger partial charge >= 0.3 is 6.09 Å². The SMILES string of the molecule is Cc1c(N)cccc1C1CN2CCN(C(=O)OC(C)(C)C)CC2CO1. The van der Waals surface area contributed by atoms with Crippen LogP contribution in [0.1, 0.15) is 38.0 Å². The van der Waals surface area contributed by atoms with Crippen LogP contribution in [0.3, 0.4) is 0 Å². The van der Waals surface area contributed by atoms with Crippen molar-refractivity contribution in [2.45, 2.75) is 45.4 Å². The Hall–Kier alpha value is -1.79. The van der Waals surface area contributed by atoms with Crippen LogP contribution in [0.15, 0.2) is 18.2 Å². The molecule has 3 rings (SSSR count). The standard InChI is InChI=1S/C19H29N3O3/c1-13-15(6-5-7-16(13)20)17-11-21-8-9-22(10-14(21)12-24-17)18(23)25-19(2,3)4/h5-7,14,17H,8-12,20H2,1-4H3. The molecule has 2 saturated heterocycles. The summed E-state index contributed by atoms with van der Waals surface area (Å²) in [5, 5.41) is 0. The van der Waals surface area contributed by atoms with E-state index in [0.29, 0.717) is 19.7 Å². The number of hydrogen-bond donors (Lipinski definition) is 1. The highest BCUT2D eigenvalue weighted by atomic mass is 16.6. The lowest BCUT2D eigenvalue weighted by atomic mass is 9.99. The quantitative estimate of drug-likeness (QED) is 0.791. The number of amides is 1. The number of carbonyl (C=O) groups is 1. The Bertz CT molecular complexity index is 641. The highest BCUT2D eigenvalue weighted by Gasteiger charge is 2.37. The molecular formula is C19H29N3O3. The number of benzene rings is 1. The van der Waals surface area contributed by atoms with Crippen LogP contribution in [0.4, 0.5) is 10.5 Å². The van der Waals surface area contributed by atoms with Crippen LogP contribution in [0.5, 0.6) is 0 Å². The van der Waals surface area contributed by atoms with Gasteiger partial charge in [-0.2, -0.15) is 0 Å². The maximum atomic E-state index is 12.3. The topological polar surface area (TPSA) is 68.0 Å². The lowest BCUT2D eigenvalue weighted by molar-refractivity contribution is -0.0907. The summed E-state index contributed by atoms with van der Waals surface area (Å²) >= 11 is 0. The second kappa shape index (κ2) is 6.84. The van der Waals surface area contributed by atoms with Crippen molar-refractivity contribution in [3.8, 4) is 0 Å². The van der Waals surface area contributed by atoms with Crippen LogP contribution >= 0.6 is 0 Å². The van der Waals surface area contributed by atoms with Gasteiger partial charge in [-0.05, 0) is 44.9 Å². The van der Waals surface area contributed by atoms with Gasteiger partial charge < -0.3 is 20.1 Å². The molecule has 1 amide bonds. The van der Waals surface area contributed by atoms with Crippen molar-refractivity contribution in [3.05, 3.63) is 29.3 Å². The Morgan fingerprint density at radius 3 is 2.76 bits per heavy atom. The fraction of sp³-hybridized carbons (Fsp3) is 0.632. The summed E-state index contributed by atoms with van der Waals surface area (Å²) in [6.07, 6.45) is -0.200. The average molecular weight is 347 g/mol. The molecule has 138 valence electrons. The van der Waals surface area contributed by atoms with E-state index in [1.807, 2.05) is 39.8 Å². The van der Waals surface area contributed by atoms with E-state index in [1.165, 1.54) is 0 Å². The lowest BCUT2D eigenvalue weighted by Crippen LogP contribution is -2.60. The van der Waals surface area contributed by atoms with Crippen molar-refractivity contribution in [1.29, 1.82) is 0 Å². The fourth-order valence-corrected chi connectivity index (χ4v) is 3.49. The molecule has 2 heterocycles. The van der Waals surface area contributed by atoms with Crippen LogP contribution in [-0.2, 0) is 9.47 Å². The molecule has 1 aromatic rings. The maximum Gasteiger partial charge on any atom is 0.410 e. The Morgan fingerprint density at radius 2 is 2.04 bits per heavy atom. The summed E-state index contributed by atoms with van der Waals surface area (Å²) in [6.45, 7) is 11.3. The first-order chi connectivity index (χ1) is 11.7. The molecule has 0 spiro atoms. The Morgan fingerprint density at radius 1 is 1.28 bits per heavy atom. The Labute approximate surface area is 149 Å². The van der Waals surface area contributed by atoms with Gasteiger partial charge in [0.25, 0.3) is 0 Å². The predicted octanol–water partition coefficient (Wildman–Crippen LogP) is 2.57. The summed E-state index contributed by atoms with van der Waals surface area (Å²) < 4.78 is 11.6. The van der Waals surface area contributed by atoms with Crippen molar-refractivity contribution in [2.75, 3.05) is 38.5 Å². The number of ether oxygens (including phenoxy) is 2. The number of hydrogen-bond acceptors (Lipinski definition) is 5. The van der Waals surface area contributed by atoms with Gasteiger partial charge in [-0.15, -0.1) is 0 Å². The molecule has 2 aliphatic heterocycles. The molecule has 6 nitrogen and oxygen atoms in total. The summed E-state index contributed by atoms with van der Waals surface area (Å²) in [6, 6.07) is 6.21. The molecule has 0 bridgehead atoms. The van der Waals surface area contributed by atoms with Gasteiger partial charge in [0.15, 0.2) is 0 Å². The van der Waals surface area contributed by atoms with Crippen LogP contribution < -0.4 is 5.73 Å².